The van der Waals surface area contributed by atoms with Crippen LogP contribution in [-0.2, 0) is 4.79 Å². The van der Waals surface area contributed by atoms with Crippen molar-refractivity contribution in [3.63, 3.8) is 0 Å². The Bertz CT molecular complexity index is 360. The van der Waals surface area contributed by atoms with Crippen LogP contribution in [0.25, 0.3) is 0 Å². The van der Waals surface area contributed by atoms with Crippen molar-refractivity contribution in [1.82, 2.24) is 15.5 Å². The van der Waals surface area contributed by atoms with Crippen LogP contribution in [0.15, 0.2) is 0 Å². The fourth-order valence-electron chi connectivity index (χ4n) is 2.93. The molecule has 0 radical (unpaired) electrons. The Labute approximate surface area is 127 Å². The molecule has 2 atom stereocenters. The van der Waals surface area contributed by atoms with Crippen molar-refractivity contribution >= 4 is 12.0 Å². The van der Waals surface area contributed by atoms with E-state index in [2.05, 4.69) is 15.5 Å². The lowest BCUT2D eigenvalue weighted by Crippen LogP contribution is -2.59. The Hall–Kier alpha value is -1.30. The van der Waals surface area contributed by atoms with Gasteiger partial charge in [0.25, 0.3) is 0 Å². The van der Waals surface area contributed by atoms with Crippen molar-refractivity contribution in [2.75, 3.05) is 27.2 Å². The molecule has 0 aliphatic heterocycles. The third-order valence-electron chi connectivity index (χ3n) is 4.08. The minimum absolute atomic E-state index is 0.329. The highest BCUT2D eigenvalue weighted by Gasteiger charge is 2.43. The maximum Gasteiger partial charge on any atom is 0.329 e. The molecule has 6 nitrogen and oxygen atoms in total. The molecule has 2 amide bonds. The number of rotatable bonds is 7. The maximum absolute atomic E-state index is 11.9. The van der Waals surface area contributed by atoms with Crippen molar-refractivity contribution in [3.05, 3.63) is 0 Å². The summed E-state index contributed by atoms with van der Waals surface area (Å²) in [6.07, 6.45) is 4.80. The number of carboxylic acids is 1. The van der Waals surface area contributed by atoms with Gasteiger partial charge in [0, 0.05) is 6.54 Å². The van der Waals surface area contributed by atoms with E-state index in [1.165, 1.54) is 0 Å². The molecule has 0 saturated heterocycles. The van der Waals surface area contributed by atoms with E-state index in [1.807, 2.05) is 21.0 Å². The van der Waals surface area contributed by atoms with Crippen molar-refractivity contribution in [1.29, 1.82) is 0 Å². The van der Waals surface area contributed by atoms with Crippen LogP contribution in [0.5, 0.6) is 0 Å². The van der Waals surface area contributed by atoms with Gasteiger partial charge in [0.2, 0.25) is 0 Å². The minimum Gasteiger partial charge on any atom is -0.480 e. The summed E-state index contributed by atoms with van der Waals surface area (Å²) in [4.78, 5) is 25.6. The fraction of sp³-hybridized carbons (Fsp3) is 0.867. The van der Waals surface area contributed by atoms with E-state index in [0.717, 1.165) is 32.2 Å². The first-order chi connectivity index (χ1) is 9.85. The molecule has 0 spiro atoms. The zero-order valence-electron chi connectivity index (χ0n) is 13.4. The first kappa shape index (κ1) is 17.8. The highest BCUT2D eigenvalue weighted by molar-refractivity contribution is 5.86. The first-order valence-electron chi connectivity index (χ1n) is 7.80. The molecule has 6 heteroatoms. The monoisotopic (exact) mass is 299 g/mol. The van der Waals surface area contributed by atoms with Crippen LogP contribution >= 0.6 is 0 Å². The number of nitrogens with one attached hydrogen (secondary N) is 2. The molecule has 122 valence electrons. The summed E-state index contributed by atoms with van der Waals surface area (Å²) in [5.41, 5.74) is -1.09. The van der Waals surface area contributed by atoms with Gasteiger partial charge < -0.3 is 20.6 Å². The number of hydrogen-bond donors (Lipinski definition) is 3. The highest BCUT2D eigenvalue weighted by atomic mass is 16.4. The molecule has 1 fully saturated rings. The molecule has 0 heterocycles. The van der Waals surface area contributed by atoms with Crippen LogP contribution < -0.4 is 10.6 Å². The predicted octanol–water partition coefficient (Wildman–Crippen LogP) is 1.66. The number of urea groups is 1. The van der Waals surface area contributed by atoms with E-state index in [-0.39, 0.29) is 6.03 Å². The fourth-order valence-corrected chi connectivity index (χ4v) is 2.93. The molecular weight excluding hydrogens is 270 g/mol. The van der Waals surface area contributed by atoms with Crippen molar-refractivity contribution in [2.24, 2.45) is 5.92 Å². The summed E-state index contributed by atoms with van der Waals surface area (Å²) in [6.45, 7) is 3.60. The SMILES string of the molecule is CC1CCCC(NC(=O)NCCCCN(C)C)(C(=O)O)C1. The summed E-state index contributed by atoms with van der Waals surface area (Å²) >= 11 is 0. The normalized spacial score (nSPS) is 25.6. The number of aliphatic carboxylic acids is 1. The Morgan fingerprint density at radius 3 is 2.62 bits per heavy atom. The molecule has 2 unspecified atom stereocenters. The molecule has 1 rings (SSSR count). The van der Waals surface area contributed by atoms with Crippen LogP contribution in [0.4, 0.5) is 4.79 Å². The largest absolute Gasteiger partial charge is 0.480 e. The second-order valence-corrected chi connectivity index (χ2v) is 6.48. The molecule has 0 aromatic carbocycles. The van der Waals surface area contributed by atoms with Gasteiger partial charge in [-0.05, 0) is 52.2 Å². The number of carbonyl (C=O) groups is 2. The summed E-state index contributed by atoms with van der Waals surface area (Å²) in [5.74, 6) is -0.591. The van der Waals surface area contributed by atoms with Gasteiger partial charge in [0.05, 0.1) is 0 Å². The zero-order valence-corrected chi connectivity index (χ0v) is 13.4. The number of carbonyl (C=O) groups excluding carboxylic acids is 1. The van der Waals surface area contributed by atoms with Gasteiger partial charge in [0.15, 0.2) is 0 Å². The molecule has 21 heavy (non-hydrogen) atoms. The van der Waals surface area contributed by atoms with Crippen molar-refractivity contribution in [2.45, 2.75) is 51.0 Å². The number of carboxylic acid groups (broad SMARTS) is 1. The van der Waals surface area contributed by atoms with Gasteiger partial charge in [-0.25, -0.2) is 9.59 Å². The first-order valence-corrected chi connectivity index (χ1v) is 7.80. The minimum atomic E-state index is -1.09. The van der Waals surface area contributed by atoms with Crippen molar-refractivity contribution in [3.8, 4) is 0 Å². The highest BCUT2D eigenvalue weighted by Crippen LogP contribution is 2.32. The molecule has 0 bridgehead atoms. The van der Waals surface area contributed by atoms with Crippen LogP contribution in [0.3, 0.4) is 0 Å². The number of unbranched alkanes of at least 4 members (excludes halogenated alkanes) is 1. The Morgan fingerprint density at radius 2 is 2.05 bits per heavy atom. The lowest BCUT2D eigenvalue weighted by atomic mass is 9.76. The molecular formula is C15H29N3O3. The number of nitrogens with zero attached hydrogens (tertiary/aromatic N) is 1. The van der Waals surface area contributed by atoms with Gasteiger partial charge in [-0.15, -0.1) is 0 Å². The topological polar surface area (TPSA) is 81.7 Å². The van der Waals surface area contributed by atoms with Crippen LogP contribution in [-0.4, -0.2) is 54.7 Å². The molecule has 1 aliphatic rings. The average Bonchev–Trinajstić information content (AvgIpc) is 2.37. The molecule has 1 saturated carbocycles. The standard InChI is InChI=1S/C15H29N3O3/c1-12-7-6-8-15(11-12,13(19)20)17-14(21)16-9-4-5-10-18(2)3/h12H,4-11H2,1-3H3,(H,19,20)(H2,16,17,21). The van der Waals surface area contributed by atoms with Crippen LogP contribution in [0, 0.1) is 5.92 Å². The van der Waals surface area contributed by atoms with Gasteiger partial charge in [-0.2, -0.15) is 0 Å². The average molecular weight is 299 g/mol. The Balaban J connectivity index is 2.38. The van der Waals surface area contributed by atoms with Crippen LogP contribution in [0.2, 0.25) is 0 Å². The van der Waals surface area contributed by atoms with E-state index in [4.69, 9.17) is 0 Å². The second kappa shape index (κ2) is 8.22. The summed E-state index contributed by atoms with van der Waals surface area (Å²) in [7, 11) is 4.03. The summed E-state index contributed by atoms with van der Waals surface area (Å²) < 4.78 is 0. The van der Waals surface area contributed by atoms with Gasteiger partial charge in [-0.1, -0.05) is 19.8 Å². The van der Waals surface area contributed by atoms with Crippen LogP contribution in [0.1, 0.15) is 45.4 Å². The second-order valence-electron chi connectivity index (χ2n) is 6.48. The van der Waals surface area contributed by atoms with E-state index < -0.39 is 11.5 Å². The smallest absolute Gasteiger partial charge is 0.329 e. The lowest BCUT2D eigenvalue weighted by Gasteiger charge is -2.37. The third-order valence-corrected chi connectivity index (χ3v) is 4.08. The van der Waals surface area contributed by atoms with E-state index >= 15 is 0 Å². The predicted molar refractivity (Wildman–Crippen MR) is 82.3 cm³/mol. The lowest BCUT2D eigenvalue weighted by molar-refractivity contribution is -0.146. The third kappa shape index (κ3) is 5.91. The summed E-state index contributed by atoms with van der Waals surface area (Å²) in [5, 5.41) is 14.9. The van der Waals surface area contributed by atoms with Gasteiger partial charge in [0.1, 0.15) is 5.54 Å². The van der Waals surface area contributed by atoms with Gasteiger partial charge >= 0.3 is 12.0 Å². The quantitative estimate of drug-likeness (QED) is 0.624. The molecule has 1 aliphatic carbocycles. The van der Waals surface area contributed by atoms with E-state index in [0.29, 0.717) is 25.3 Å². The number of hydrogen-bond acceptors (Lipinski definition) is 3. The van der Waals surface area contributed by atoms with Crippen molar-refractivity contribution < 1.29 is 14.7 Å². The van der Waals surface area contributed by atoms with Gasteiger partial charge in [-0.3, -0.25) is 0 Å². The Morgan fingerprint density at radius 1 is 1.33 bits per heavy atom. The molecule has 0 aromatic rings. The number of amides is 2. The van der Waals surface area contributed by atoms with E-state index in [1.54, 1.807) is 0 Å². The zero-order chi connectivity index (χ0) is 15.9. The molecule has 0 aromatic heterocycles. The molecule has 3 N–H and O–H groups in total. The summed E-state index contributed by atoms with van der Waals surface area (Å²) in [6, 6.07) is -0.364. The van der Waals surface area contributed by atoms with E-state index in [9.17, 15) is 14.7 Å². The Kier molecular flexibility index (Phi) is 6.95. The maximum atomic E-state index is 11.9.